The van der Waals surface area contributed by atoms with Crippen molar-refractivity contribution in [2.45, 2.75) is 46.5 Å². The van der Waals surface area contributed by atoms with Crippen molar-refractivity contribution < 1.29 is 14.3 Å². The Kier molecular flexibility index (Phi) is 6.86. The predicted molar refractivity (Wildman–Crippen MR) is 97.0 cm³/mol. The van der Waals surface area contributed by atoms with Gasteiger partial charge in [0.25, 0.3) is 0 Å². The molecule has 0 amide bonds. The molecular weight excluding hydrogens is 300 g/mol. The molecule has 0 aliphatic rings. The van der Waals surface area contributed by atoms with Crippen molar-refractivity contribution in [1.82, 2.24) is 0 Å². The van der Waals surface area contributed by atoms with E-state index in [1.807, 2.05) is 44.2 Å². The minimum atomic E-state index is -0.354. The first-order valence-electron chi connectivity index (χ1n) is 8.62. The molecule has 0 saturated heterocycles. The van der Waals surface area contributed by atoms with E-state index in [1.54, 1.807) is 12.1 Å². The molecule has 0 bridgehead atoms. The Morgan fingerprint density at radius 1 is 0.875 bits per heavy atom. The Bertz CT molecular complexity index is 659. The lowest BCUT2D eigenvalue weighted by molar-refractivity contribution is 0.0734. The van der Waals surface area contributed by atoms with Crippen molar-refractivity contribution in [2.75, 3.05) is 6.61 Å². The fourth-order valence-corrected chi connectivity index (χ4v) is 2.35. The second-order valence-electron chi connectivity index (χ2n) is 6.07. The second kappa shape index (κ2) is 9.11. The molecule has 0 aromatic heterocycles. The van der Waals surface area contributed by atoms with E-state index in [-0.39, 0.29) is 5.97 Å². The first-order chi connectivity index (χ1) is 11.6. The Labute approximate surface area is 144 Å². The SMILES string of the molecule is CCCCCCOc1ccc(C(=O)Oc2ccc(C)c(C)c2)cc1. The van der Waals surface area contributed by atoms with Gasteiger partial charge in [0.1, 0.15) is 11.5 Å². The molecule has 0 fully saturated rings. The summed E-state index contributed by atoms with van der Waals surface area (Å²) in [6.07, 6.45) is 4.71. The quantitative estimate of drug-likeness (QED) is 0.366. The third kappa shape index (κ3) is 5.41. The number of unbranched alkanes of at least 4 members (excludes halogenated alkanes) is 3. The highest BCUT2D eigenvalue weighted by Gasteiger charge is 2.09. The molecule has 0 spiro atoms. The van der Waals surface area contributed by atoms with Gasteiger partial charge in [0.05, 0.1) is 12.2 Å². The zero-order valence-electron chi connectivity index (χ0n) is 14.8. The van der Waals surface area contributed by atoms with Crippen LogP contribution in [-0.2, 0) is 0 Å². The summed E-state index contributed by atoms with van der Waals surface area (Å²) in [4.78, 5) is 12.2. The van der Waals surface area contributed by atoms with E-state index >= 15 is 0 Å². The Morgan fingerprint density at radius 3 is 2.25 bits per heavy atom. The van der Waals surface area contributed by atoms with Gasteiger partial charge in [-0.25, -0.2) is 4.79 Å². The zero-order chi connectivity index (χ0) is 17.4. The zero-order valence-corrected chi connectivity index (χ0v) is 14.8. The van der Waals surface area contributed by atoms with E-state index in [0.717, 1.165) is 17.7 Å². The molecule has 3 nitrogen and oxygen atoms in total. The van der Waals surface area contributed by atoms with Gasteiger partial charge in [-0.3, -0.25) is 0 Å². The molecule has 0 N–H and O–H groups in total. The normalized spacial score (nSPS) is 10.5. The summed E-state index contributed by atoms with van der Waals surface area (Å²) in [5, 5.41) is 0. The first kappa shape index (κ1) is 18.1. The van der Waals surface area contributed by atoms with Gasteiger partial charge in [-0.15, -0.1) is 0 Å². The van der Waals surface area contributed by atoms with Crippen molar-refractivity contribution in [3.63, 3.8) is 0 Å². The number of esters is 1. The molecule has 0 saturated carbocycles. The maximum Gasteiger partial charge on any atom is 0.343 e. The van der Waals surface area contributed by atoms with E-state index < -0.39 is 0 Å². The molecule has 2 rings (SSSR count). The summed E-state index contributed by atoms with van der Waals surface area (Å²) in [6.45, 7) is 6.93. The summed E-state index contributed by atoms with van der Waals surface area (Å²) in [5.74, 6) is 1.00. The molecule has 3 heteroatoms. The van der Waals surface area contributed by atoms with Gasteiger partial charge in [-0.1, -0.05) is 32.3 Å². The summed E-state index contributed by atoms with van der Waals surface area (Å²) in [7, 11) is 0. The highest BCUT2D eigenvalue weighted by molar-refractivity contribution is 5.91. The van der Waals surface area contributed by atoms with Crippen LogP contribution in [-0.4, -0.2) is 12.6 Å². The fraction of sp³-hybridized carbons (Fsp3) is 0.381. The van der Waals surface area contributed by atoms with Crippen molar-refractivity contribution in [1.29, 1.82) is 0 Å². The lowest BCUT2D eigenvalue weighted by atomic mass is 10.1. The molecule has 0 aliphatic heterocycles. The molecule has 0 heterocycles. The average molecular weight is 326 g/mol. The third-order valence-electron chi connectivity index (χ3n) is 4.05. The number of ether oxygens (including phenoxy) is 2. The average Bonchev–Trinajstić information content (AvgIpc) is 2.58. The summed E-state index contributed by atoms with van der Waals surface area (Å²) >= 11 is 0. The highest BCUT2D eigenvalue weighted by atomic mass is 16.5. The largest absolute Gasteiger partial charge is 0.494 e. The number of hydrogen-bond acceptors (Lipinski definition) is 3. The van der Waals surface area contributed by atoms with E-state index in [4.69, 9.17) is 9.47 Å². The van der Waals surface area contributed by atoms with Crippen LogP contribution in [0.25, 0.3) is 0 Å². The van der Waals surface area contributed by atoms with Crippen LogP contribution in [0.15, 0.2) is 42.5 Å². The topological polar surface area (TPSA) is 35.5 Å². The van der Waals surface area contributed by atoms with Gasteiger partial charge in [0.15, 0.2) is 0 Å². The molecule has 24 heavy (non-hydrogen) atoms. The minimum Gasteiger partial charge on any atom is -0.494 e. The van der Waals surface area contributed by atoms with Crippen molar-refractivity contribution in [3.05, 3.63) is 59.2 Å². The minimum absolute atomic E-state index is 0.354. The summed E-state index contributed by atoms with van der Waals surface area (Å²) in [5.41, 5.74) is 2.80. The third-order valence-corrected chi connectivity index (χ3v) is 4.05. The number of rotatable bonds is 8. The molecule has 0 atom stereocenters. The van der Waals surface area contributed by atoms with Gasteiger partial charge >= 0.3 is 5.97 Å². The van der Waals surface area contributed by atoms with Crippen LogP contribution in [0.1, 0.15) is 54.1 Å². The molecule has 0 unspecified atom stereocenters. The van der Waals surface area contributed by atoms with Crippen molar-refractivity contribution in [2.24, 2.45) is 0 Å². The predicted octanol–water partition coefficient (Wildman–Crippen LogP) is 5.48. The second-order valence-corrected chi connectivity index (χ2v) is 6.07. The van der Waals surface area contributed by atoms with Crippen LogP contribution < -0.4 is 9.47 Å². The number of carbonyl (C=O) groups is 1. The molecule has 0 radical (unpaired) electrons. The van der Waals surface area contributed by atoms with Gasteiger partial charge in [0.2, 0.25) is 0 Å². The highest BCUT2D eigenvalue weighted by Crippen LogP contribution is 2.19. The number of aryl methyl sites for hydroxylation is 2. The van der Waals surface area contributed by atoms with E-state index in [0.29, 0.717) is 17.9 Å². The van der Waals surface area contributed by atoms with Crippen LogP contribution in [0.4, 0.5) is 0 Å². The van der Waals surface area contributed by atoms with Gasteiger partial charge in [-0.2, -0.15) is 0 Å². The number of hydrogen-bond donors (Lipinski definition) is 0. The Balaban J connectivity index is 1.87. The van der Waals surface area contributed by atoms with Crippen LogP contribution >= 0.6 is 0 Å². The van der Waals surface area contributed by atoms with Crippen LogP contribution in [0.5, 0.6) is 11.5 Å². The standard InChI is InChI=1S/C21H26O3/c1-4-5-6-7-14-23-19-12-9-18(10-13-19)21(22)24-20-11-8-16(2)17(3)15-20/h8-13,15H,4-7,14H2,1-3H3. The summed E-state index contributed by atoms with van der Waals surface area (Å²) < 4.78 is 11.1. The summed E-state index contributed by atoms with van der Waals surface area (Å²) in [6, 6.07) is 12.8. The molecule has 0 aliphatic carbocycles. The first-order valence-corrected chi connectivity index (χ1v) is 8.62. The Morgan fingerprint density at radius 2 is 1.58 bits per heavy atom. The van der Waals surface area contributed by atoms with Gasteiger partial charge in [0, 0.05) is 0 Å². The van der Waals surface area contributed by atoms with Crippen molar-refractivity contribution >= 4 is 5.97 Å². The Hall–Kier alpha value is -2.29. The molecule has 128 valence electrons. The molecule has 2 aromatic rings. The maximum absolute atomic E-state index is 12.2. The monoisotopic (exact) mass is 326 g/mol. The smallest absolute Gasteiger partial charge is 0.343 e. The van der Waals surface area contributed by atoms with E-state index in [1.165, 1.54) is 24.8 Å². The van der Waals surface area contributed by atoms with E-state index in [2.05, 4.69) is 6.92 Å². The van der Waals surface area contributed by atoms with Crippen LogP contribution in [0.2, 0.25) is 0 Å². The lowest BCUT2D eigenvalue weighted by Gasteiger charge is -2.08. The maximum atomic E-state index is 12.2. The lowest BCUT2D eigenvalue weighted by Crippen LogP contribution is -2.08. The van der Waals surface area contributed by atoms with Gasteiger partial charge < -0.3 is 9.47 Å². The van der Waals surface area contributed by atoms with Crippen molar-refractivity contribution in [3.8, 4) is 11.5 Å². The van der Waals surface area contributed by atoms with Crippen LogP contribution in [0, 0.1) is 13.8 Å². The van der Waals surface area contributed by atoms with Gasteiger partial charge in [-0.05, 0) is 67.8 Å². The molecule has 2 aromatic carbocycles. The fourth-order valence-electron chi connectivity index (χ4n) is 2.35. The number of carbonyl (C=O) groups excluding carboxylic acids is 1. The molecular formula is C21H26O3. The van der Waals surface area contributed by atoms with E-state index in [9.17, 15) is 4.79 Å². The van der Waals surface area contributed by atoms with Crippen LogP contribution in [0.3, 0.4) is 0 Å². The number of benzene rings is 2.